The first-order valence-corrected chi connectivity index (χ1v) is 9.06. The molecule has 1 aromatic rings. The van der Waals surface area contributed by atoms with Crippen molar-refractivity contribution in [3.8, 4) is 0 Å². The molecule has 2 saturated heterocycles. The Hall–Kier alpha value is -2.03. The molecule has 27 heavy (non-hydrogen) atoms. The minimum Gasteiger partial charge on any atom is -0.335 e. The van der Waals surface area contributed by atoms with E-state index in [1.54, 1.807) is 18.2 Å². The van der Waals surface area contributed by atoms with Crippen molar-refractivity contribution in [3.05, 3.63) is 35.4 Å². The van der Waals surface area contributed by atoms with E-state index in [1.165, 1.54) is 11.0 Å². The van der Waals surface area contributed by atoms with Gasteiger partial charge in [-0.1, -0.05) is 12.1 Å². The molecule has 0 bridgehead atoms. The van der Waals surface area contributed by atoms with Gasteiger partial charge in [0.1, 0.15) is 0 Å². The third kappa shape index (κ3) is 3.22. The van der Waals surface area contributed by atoms with E-state index in [9.17, 15) is 22.4 Å². The fourth-order valence-corrected chi connectivity index (χ4v) is 3.83. The molecule has 4 rings (SSSR count). The molecule has 3 aliphatic heterocycles. The molecule has 146 valence electrons. The van der Waals surface area contributed by atoms with Gasteiger partial charge >= 0.3 is 6.18 Å². The monoisotopic (exact) mass is 384 g/mol. The second kappa shape index (κ2) is 6.25. The Morgan fingerprint density at radius 3 is 2.59 bits per heavy atom. The standard InChI is InChI=1S/C18H20F4N4O/c19-16(10-23-11-16)13-5-3-4-12(8-13)15(27)26-7-2-1-6-14(26)9-17(24-25-17)18(20,21)22/h3-5,8,14,23H,1-2,6-7,9-11H2. The van der Waals surface area contributed by atoms with Crippen LogP contribution in [0.25, 0.3) is 0 Å². The highest BCUT2D eigenvalue weighted by Gasteiger charge is 2.64. The quantitative estimate of drug-likeness (QED) is 0.807. The SMILES string of the molecule is O=C(c1cccc(C2(F)CNC2)c1)N1CCCCC1CC1(C(F)(F)F)N=N1. The highest BCUT2D eigenvalue weighted by Crippen LogP contribution is 2.49. The van der Waals surface area contributed by atoms with Crippen LogP contribution >= 0.6 is 0 Å². The summed E-state index contributed by atoms with van der Waals surface area (Å²) in [6, 6.07) is 5.75. The predicted octanol–water partition coefficient (Wildman–Crippen LogP) is 3.56. The highest BCUT2D eigenvalue weighted by molar-refractivity contribution is 5.94. The third-order valence-electron chi connectivity index (χ3n) is 5.64. The Kier molecular flexibility index (Phi) is 4.25. The Labute approximate surface area is 153 Å². The topological polar surface area (TPSA) is 57.1 Å². The van der Waals surface area contributed by atoms with Crippen LogP contribution in [0.1, 0.15) is 41.6 Å². The third-order valence-corrected chi connectivity index (χ3v) is 5.64. The van der Waals surface area contributed by atoms with Crippen molar-refractivity contribution in [1.29, 1.82) is 0 Å². The average Bonchev–Trinajstić information content (AvgIpc) is 3.40. The zero-order valence-electron chi connectivity index (χ0n) is 14.6. The second-order valence-electron chi connectivity index (χ2n) is 7.52. The van der Waals surface area contributed by atoms with Crippen molar-refractivity contribution >= 4 is 5.91 Å². The van der Waals surface area contributed by atoms with Crippen LogP contribution in [0.4, 0.5) is 17.6 Å². The molecular weight excluding hydrogens is 364 g/mol. The van der Waals surface area contributed by atoms with Gasteiger partial charge in [-0.25, -0.2) is 4.39 Å². The molecule has 3 heterocycles. The van der Waals surface area contributed by atoms with Crippen LogP contribution in [0, 0.1) is 0 Å². The number of benzene rings is 1. The number of halogens is 4. The summed E-state index contributed by atoms with van der Waals surface area (Å²) in [6.07, 6.45) is -2.94. The number of carbonyl (C=O) groups excluding carboxylic acids is 1. The Morgan fingerprint density at radius 1 is 1.26 bits per heavy atom. The van der Waals surface area contributed by atoms with Gasteiger partial charge in [0.25, 0.3) is 11.6 Å². The van der Waals surface area contributed by atoms with Gasteiger partial charge in [0, 0.05) is 37.7 Å². The molecule has 1 N–H and O–H groups in total. The van der Waals surface area contributed by atoms with Crippen LogP contribution in [0.2, 0.25) is 0 Å². The first-order chi connectivity index (χ1) is 12.7. The largest absolute Gasteiger partial charge is 0.437 e. The van der Waals surface area contributed by atoms with Gasteiger partial charge < -0.3 is 10.2 Å². The number of nitrogens with zero attached hydrogens (tertiary/aromatic N) is 3. The maximum Gasteiger partial charge on any atom is 0.437 e. The van der Waals surface area contributed by atoms with Crippen molar-refractivity contribution in [2.75, 3.05) is 19.6 Å². The summed E-state index contributed by atoms with van der Waals surface area (Å²) in [6.45, 7) is 0.756. The second-order valence-corrected chi connectivity index (χ2v) is 7.52. The van der Waals surface area contributed by atoms with E-state index in [-0.39, 0.29) is 25.4 Å². The van der Waals surface area contributed by atoms with Crippen LogP contribution in [0.3, 0.4) is 0 Å². The maximum absolute atomic E-state index is 14.6. The van der Waals surface area contributed by atoms with Crippen molar-refractivity contribution in [3.63, 3.8) is 0 Å². The van der Waals surface area contributed by atoms with E-state index in [0.717, 1.165) is 12.8 Å². The number of carbonyl (C=O) groups is 1. The van der Waals surface area contributed by atoms with Gasteiger partial charge in [0.15, 0.2) is 5.67 Å². The van der Waals surface area contributed by atoms with Crippen LogP contribution in [0.15, 0.2) is 34.5 Å². The van der Waals surface area contributed by atoms with Crippen molar-refractivity contribution in [2.24, 2.45) is 10.2 Å². The van der Waals surface area contributed by atoms with E-state index >= 15 is 0 Å². The van der Waals surface area contributed by atoms with Crippen LogP contribution < -0.4 is 5.32 Å². The van der Waals surface area contributed by atoms with E-state index in [2.05, 4.69) is 15.5 Å². The molecule has 3 aliphatic rings. The number of hydrogen-bond acceptors (Lipinski definition) is 4. The van der Waals surface area contributed by atoms with Crippen LogP contribution in [-0.4, -0.2) is 48.3 Å². The number of hydrogen-bond donors (Lipinski definition) is 1. The van der Waals surface area contributed by atoms with Gasteiger partial charge in [-0.15, -0.1) is 10.2 Å². The minimum atomic E-state index is -4.54. The van der Waals surface area contributed by atoms with Crippen LogP contribution in [0.5, 0.6) is 0 Å². The van der Waals surface area contributed by atoms with E-state index < -0.39 is 23.5 Å². The molecule has 0 aliphatic carbocycles. The highest BCUT2D eigenvalue weighted by atomic mass is 19.4. The number of likely N-dealkylation sites (tertiary alicyclic amines) is 1. The van der Waals surface area contributed by atoms with Crippen molar-refractivity contribution in [2.45, 2.75) is 49.2 Å². The van der Waals surface area contributed by atoms with E-state index in [0.29, 0.717) is 24.1 Å². The smallest absolute Gasteiger partial charge is 0.335 e. The zero-order chi connectivity index (χ0) is 19.3. The lowest BCUT2D eigenvalue weighted by atomic mass is 9.88. The Bertz CT molecular complexity index is 769. The molecule has 9 heteroatoms. The van der Waals surface area contributed by atoms with E-state index in [4.69, 9.17) is 0 Å². The molecule has 0 spiro atoms. The summed E-state index contributed by atoms with van der Waals surface area (Å²) in [5.74, 6) is -0.365. The summed E-state index contributed by atoms with van der Waals surface area (Å²) >= 11 is 0. The fourth-order valence-electron chi connectivity index (χ4n) is 3.83. The van der Waals surface area contributed by atoms with Gasteiger partial charge in [0.2, 0.25) is 0 Å². The maximum atomic E-state index is 14.6. The molecule has 1 amide bonds. The van der Waals surface area contributed by atoms with Crippen molar-refractivity contribution in [1.82, 2.24) is 10.2 Å². The molecule has 0 aromatic heterocycles. The molecular formula is C18H20F4N4O. The summed E-state index contributed by atoms with van der Waals surface area (Å²) in [5, 5.41) is 9.34. The molecule has 0 saturated carbocycles. The molecule has 1 atom stereocenters. The van der Waals surface area contributed by atoms with Gasteiger partial charge in [-0.2, -0.15) is 13.2 Å². The molecule has 1 aromatic carbocycles. The lowest BCUT2D eigenvalue weighted by Gasteiger charge is -2.38. The number of nitrogens with one attached hydrogen (secondary N) is 1. The van der Waals surface area contributed by atoms with Gasteiger partial charge in [-0.05, 0) is 37.0 Å². The van der Waals surface area contributed by atoms with Gasteiger partial charge in [0.05, 0.1) is 0 Å². The molecule has 5 nitrogen and oxygen atoms in total. The van der Waals surface area contributed by atoms with Crippen LogP contribution in [-0.2, 0) is 5.67 Å². The summed E-state index contributed by atoms with van der Waals surface area (Å²) < 4.78 is 54.2. The number of amides is 1. The Morgan fingerprint density at radius 2 is 2.00 bits per heavy atom. The number of piperidine rings is 1. The lowest BCUT2D eigenvalue weighted by Crippen LogP contribution is -2.53. The average molecular weight is 384 g/mol. The Balaban J connectivity index is 1.54. The zero-order valence-corrected chi connectivity index (χ0v) is 14.6. The first kappa shape index (κ1) is 18.3. The predicted molar refractivity (Wildman–Crippen MR) is 89.0 cm³/mol. The molecule has 2 fully saturated rings. The molecule has 1 unspecified atom stereocenters. The van der Waals surface area contributed by atoms with Gasteiger partial charge in [-0.3, -0.25) is 4.79 Å². The van der Waals surface area contributed by atoms with E-state index in [1.807, 2.05) is 0 Å². The normalized spacial score (nSPS) is 25.8. The summed E-state index contributed by atoms with van der Waals surface area (Å²) in [4.78, 5) is 14.5. The first-order valence-electron chi connectivity index (χ1n) is 9.06. The minimum absolute atomic E-state index is 0.189. The van der Waals surface area contributed by atoms with Crippen molar-refractivity contribution < 1.29 is 22.4 Å². The fraction of sp³-hybridized carbons (Fsp3) is 0.611. The summed E-state index contributed by atoms with van der Waals surface area (Å²) in [5.41, 5.74) is -3.15. The molecule has 0 radical (unpaired) electrons. The number of rotatable bonds is 4. The lowest BCUT2D eigenvalue weighted by molar-refractivity contribution is -0.168. The summed E-state index contributed by atoms with van der Waals surface area (Å²) in [7, 11) is 0. The number of alkyl halides is 4.